The van der Waals surface area contributed by atoms with Gasteiger partial charge in [-0.3, -0.25) is 0 Å². The average Bonchev–Trinajstić information content (AvgIpc) is 2.53. The van der Waals surface area contributed by atoms with Gasteiger partial charge < -0.3 is 10.6 Å². The SMILES string of the molecule is Cc1cc(C)c(Nc2cnnc(Nc3ccc(Cl)cc3)n2)c(Cl)c1. The quantitative estimate of drug-likeness (QED) is 0.663. The molecule has 0 aliphatic carbocycles. The molecule has 3 aromatic rings. The van der Waals surface area contributed by atoms with E-state index in [0.29, 0.717) is 21.8 Å². The third-order valence-electron chi connectivity index (χ3n) is 3.34. The van der Waals surface area contributed by atoms with Crippen molar-refractivity contribution in [3.8, 4) is 0 Å². The van der Waals surface area contributed by atoms with Gasteiger partial charge in [0, 0.05) is 10.7 Å². The van der Waals surface area contributed by atoms with Crippen LogP contribution in [0.15, 0.2) is 42.6 Å². The molecule has 0 fully saturated rings. The summed E-state index contributed by atoms with van der Waals surface area (Å²) in [6.07, 6.45) is 1.54. The Kier molecular flexibility index (Phi) is 4.83. The molecule has 0 radical (unpaired) electrons. The molecule has 0 saturated carbocycles. The number of halogens is 2. The molecule has 0 aliphatic heterocycles. The van der Waals surface area contributed by atoms with Crippen molar-refractivity contribution in [3.05, 3.63) is 63.8 Å². The molecule has 0 bridgehead atoms. The Morgan fingerprint density at radius 1 is 0.958 bits per heavy atom. The van der Waals surface area contributed by atoms with Crippen molar-refractivity contribution in [2.75, 3.05) is 10.6 Å². The molecule has 5 nitrogen and oxygen atoms in total. The first-order valence-corrected chi connectivity index (χ1v) is 8.03. The van der Waals surface area contributed by atoms with Crippen molar-refractivity contribution < 1.29 is 0 Å². The predicted molar refractivity (Wildman–Crippen MR) is 98.8 cm³/mol. The standard InChI is InChI=1S/C17H15Cl2N5/c1-10-7-11(2)16(14(19)8-10)22-15-9-20-24-17(23-15)21-13-5-3-12(18)4-6-13/h3-9H,1-2H3,(H2,21,22,23,24). The van der Waals surface area contributed by atoms with Crippen LogP contribution < -0.4 is 10.6 Å². The molecule has 0 aliphatic rings. The van der Waals surface area contributed by atoms with Crippen LogP contribution in [0.3, 0.4) is 0 Å². The Morgan fingerprint density at radius 2 is 1.71 bits per heavy atom. The minimum atomic E-state index is 0.378. The first-order chi connectivity index (χ1) is 11.5. The van der Waals surface area contributed by atoms with E-state index in [1.807, 2.05) is 32.0 Å². The van der Waals surface area contributed by atoms with Gasteiger partial charge in [0.1, 0.15) is 0 Å². The molecule has 122 valence electrons. The molecule has 1 heterocycles. The van der Waals surface area contributed by atoms with Crippen molar-refractivity contribution in [2.24, 2.45) is 0 Å². The second kappa shape index (κ2) is 7.03. The van der Waals surface area contributed by atoms with E-state index in [2.05, 4.69) is 31.9 Å². The lowest BCUT2D eigenvalue weighted by molar-refractivity contribution is 0.982. The summed E-state index contributed by atoms with van der Waals surface area (Å²) in [5.41, 5.74) is 3.77. The summed E-state index contributed by atoms with van der Waals surface area (Å²) in [5.74, 6) is 0.929. The van der Waals surface area contributed by atoms with Gasteiger partial charge >= 0.3 is 0 Å². The maximum absolute atomic E-state index is 6.31. The summed E-state index contributed by atoms with van der Waals surface area (Å²) in [6, 6.07) is 11.2. The summed E-state index contributed by atoms with van der Waals surface area (Å²) in [5, 5.41) is 15.5. The topological polar surface area (TPSA) is 62.7 Å². The predicted octanol–water partition coefficient (Wildman–Crippen LogP) is 5.28. The third-order valence-corrected chi connectivity index (χ3v) is 3.89. The average molecular weight is 360 g/mol. The number of benzene rings is 2. The second-order valence-electron chi connectivity index (χ2n) is 5.36. The molecule has 0 spiro atoms. The van der Waals surface area contributed by atoms with Crippen molar-refractivity contribution in [1.29, 1.82) is 0 Å². The summed E-state index contributed by atoms with van der Waals surface area (Å²) in [4.78, 5) is 4.40. The van der Waals surface area contributed by atoms with Gasteiger partial charge in [0.15, 0.2) is 5.82 Å². The first-order valence-electron chi connectivity index (χ1n) is 7.27. The summed E-state index contributed by atoms with van der Waals surface area (Å²) in [7, 11) is 0. The van der Waals surface area contributed by atoms with Crippen LogP contribution in [0, 0.1) is 13.8 Å². The number of aromatic nitrogens is 3. The summed E-state index contributed by atoms with van der Waals surface area (Å²) >= 11 is 12.2. The number of anilines is 4. The van der Waals surface area contributed by atoms with Gasteiger partial charge in [0.05, 0.1) is 16.9 Å². The number of aryl methyl sites for hydroxylation is 2. The maximum Gasteiger partial charge on any atom is 0.249 e. The van der Waals surface area contributed by atoms with Crippen LogP contribution in [0.1, 0.15) is 11.1 Å². The van der Waals surface area contributed by atoms with Gasteiger partial charge in [-0.1, -0.05) is 29.3 Å². The van der Waals surface area contributed by atoms with Gasteiger partial charge in [-0.05, 0) is 55.3 Å². The molecule has 3 rings (SSSR count). The van der Waals surface area contributed by atoms with Crippen LogP contribution in [0.5, 0.6) is 0 Å². The fourth-order valence-electron chi connectivity index (χ4n) is 2.28. The largest absolute Gasteiger partial charge is 0.337 e. The van der Waals surface area contributed by atoms with Gasteiger partial charge in [-0.25, -0.2) is 0 Å². The van der Waals surface area contributed by atoms with Crippen LogP contribution in [0.25, 0.3) is 0 Å². The van der Waals surface area contributed by atoms with Gasteiger partial charge in [0.2, 0.25) is 5.95 Å². The van der Waals surface area contributed by atoms with Gasteiger partial charge in [-0.15, -0.1) is 5.10 Å². The van der Waals surface area contributed by atoms with Crippen LogP contribution in [0.4, 0.5) is 23.1 Å². The second-order valence-corrected chi connectivity index (χ2v) is 6.20. The highest BCUT2D eigenvalue weighted by Crippen LogP contribution is 2.29. The smallest absolute Gasteiger partial charge is 0.249 e. The highest BCUT2D eigenvalue weighted by atomic mass is 35.5. The number of hydrogen-bond donors (Lipinski definition) is 2. The molecule has 0 atom stereocenters. The van der Waals surface area contributed by atoms with Crippen LogP contribution in [-0.4, -0.2) is 15.2 Å². The van der Waals surface area contributed by atoms with E-state index in [4.69, 9.17) is 23.2 Å². The number of nitrogens with zero attached hydrogens (tertiary/aromatic N) is 3. The Morgan fingerprint density at radius 3 is 2.42 bits per heavy atom. The Bertz CT molecular complexity index is 842. The molecule has 1 aromatic heterocycles. The molecule has 0 unspecified atom stereocenters. The lowest BCUT2D eigenvalue weighted by Crippen LogP contribution is -2.03. The van der Waals surface area contributed by atoms with Crippen molar-refractivity contribution in [3.63, 3.8) is 0 Å². The normalized spacial score (nSPS) is 10.5. The minimum absolute atomic E-state index is 0.378. The van der Waals surface area contributed by atoms with Crippen molar-refractivity contribution in [2.45, 2.75) is 13.8 Å². The maximum atomic E-state index is 6.31. The Hall–Kier alpha value is -2.37. The van der Waals surface area contributed by atoms with E-state index < -0.39 is 0 Å². The molecular formula is C17H15Cl2N5. The molecule has 2 N–H and O–H groups in total. The third kappa shape index (κ3) is 3.93. The fourth-order valence-corrected chi connectivity index (χ4v) is 2.78. The zero-order valence-electron chi connectivity index (χ0n) is 13.1. The lowest BCUT2D eigenvalue weighted by Gasteiger charge is -2.12. The zero-order chi connectivity index (χ0) is 17.1. The van der Waals surface area contributed by atoms with Crippen molar-refractivity contribution in [1.82, 2.24) is 15.2 Å². The first kappa shape index (κ1) is 16.5. The molecule has 0 saturated heterocycles. The summed E-state index contributed by atoms with van der Waals surface area (Å²) < 4.78 is 0. The van der Waals surface area contributed by atoms with E-state index in [-0.39, 0.29) is 0 Å². The van der Waals surface area contributed by atoms with E-state index in [1.54, 1.807) is 18.3 Å². The lowest BCUT2D eigenvalue weighted by atomic mass is 10.1. The van der Waals surface area contributed by atoms with Crippen LogP contribution >= 0.6 is 23.2 Å². The monoisotopic (exact) mass is 359 g/mol. The van der Waals surface area contributed by atoms with Crippen LogP contribution in [0.2, 0.25) is 10.0 Å². The highest BCUT2D eigenvalue weighted by molar-refractivity contribution is 6.33. The Labute approximate surface area is 150 Å². The zero-order valence-corrected chi connectivity index (χ0v) is 14.7. The van der Waals surface area contributed by atoms with E-state index >= 15 is 0 Å². The highest BCUT2D eigenvalue weighted by Gasteiger charge is 2.08. The molecule has 2 aromatic carbocycles. The van der Waals surface area contributed by atoms with E-state index in [1.165, 1.54) is 0 Å². The molecule has 7 heteroatoms. The number of nitrogens with one attached hydrogen (secondary N) is 2. The van der Waals surface area contributed by atoms with E-state index in [0.717, 1.165) is 22.5 Å². The number of hydrogen-bond acceptors (Lipinski definition) is 5. The van der Waals surface area contributed by atoms with Crippen molar-refractivity contribution >= 4 is 46.3 Å². The van der Waals surface area contributed by atoms with Gasteiger partial charge in [0.25, 0.3) is 0 Å². The molecule has 24 heavy (non-hydrogen) atoms. The van der Waals surface area contributed by atoms with Gasteiger partial charge in [-0.2, -0.15) is 10.1 Å². The summed E-state index contributed by atoms with van der Waals surface area (Å²) in [6.45, 7) is 3.99. The molecule has 0 amide bonds. The number of rotatable bonds is 4. The van der Waals surface area contributed by atoms with E-state index in [9.17, 15) is 0 Å². The fraction of sp³-hybridized carbons (Fsp3) is 0.118. The molecular weight excluding hydrogens is 345 g/mol. The minimum Gasteiger partial charge on any atom is -0.337 e. The van der Waals surface area contributed by atoms with Crippen LogP contribution in [-0.2, 0) is 0 Å². The Balaban J connectivity index is 1.82.